The van der Waals surface area contributed by atoms with Crippen LogP contribution >= 0.6 is 34.8 Å². The highest BCUT2D eigenvalue weighted by molar-refractivity contribution is 6.37. The molecule has 0 aromatic carbocycles. The molecule has 10 heteroatoms. The summed E-state index contributed by atoms with van der Waals surface area (Å²) in [5.41, 5.74) is 6.68. The molecule has 22 heavy (non-hydrogen) atoms. The number of hydrogen-bond acceptors (Lipinski definition) is 7. The molecule has 0 aliphatic heterocycles. The van der Waals surface area contributed by atoms with E-state index in [1.807, 2.05) is 0 Å². The number of nitrogens with one attached hydrogen (secondary N) is 2. The molecule has 4 N–H and O–H groups in total. The Kier molecular flexibility index (Phi) is 6.86. The lowest BCUT2D eigenvalue weighted by atomic mass is 10.4. The van der Waals surface area contributed by atoms with E-state index >= 15 is 0 Å². The van der Waals surface area contributed by atoms with Crippen molar-refractivity contribution in [3.8, 4) is 0 Å². The second-order valence-corrected chi connectivity index (χ2v) is 5.12. The molecular weight excluding hydrogens is 349 g/mol. The largest absolute Gasteiger partial charge is 0.383 e. The molecule has 0 radical (unpaired) electrons. The first kappa shape index (κ1) is 18.5. The van der Waals surface area contributed by atoms with Gasteiger partial charge in [0.2, 0.25) is 0 Å². The minimum absolute atomic E-state index is 0.352. The summed E-state index contributed by atoms with van der Waals surface area (Å²) < 4.78 is 0. The van der Waals surface area contributed by atoms with E-state index in [1.165, 1.54) is 0 Å². The normalized spacial score (nSPS) is 9.77. The van der Waals surface area contributed by atoms with Crippen LogP contribution in [0.4, 0.5) is 17.2 Å². The summed E-state index contributed by atoms with van der Waals surface area (Å²) in [6.07, 6.45) is 0. The van der Waals surface area contributed by atoms with E-state index in [4.69, 9.17) is 40.5 Å². The van der Waals surface area contributed by atoms with Gasteiger partial charge in [-0.1, -0.05) is 34.8 Å². The Morgan fingerprint density at radius 2 is 1.09 bits per heavy atom. The lowest BCUT2D eigenvalue weighted by Crippen LogP contribution is -2.02. The maximum Gasteiger partial charge on any atom is 0.158 e. The molecule has 0 amide bonds. The molecule has 0 unspecified atom stereocenters. The van der Waals surface area contributed by atoms with Gasteiger partial charge in [0.05, 0.1) is 0 Å². The van der Waals surface area contributed by atoms with Crippen LogP contribution in [0.1, 0.15) is 11.6 Å². The van der Waals surface area contributed by atoms with Crippen molar-refractivity contribution in [1.29, 1.82) is 0 Å². The molecule has 120 valence electrons. The molecule has 0 fully saturated rings. The van der Waals surface area contributed by atoms with E-state index in [2.05, 4.69) is 30.6 Å². The van der Waals surface area contributed by atoms with Gasteiger partial charge in [-0.2, -0.15) is 0 Å². The molecule has 0 aliphatic carbocycles. The molecule has 0 atom stereocenters. The first-order valence-corrected chi connectivity index (χ1v) is 7.28. The van der Waals surface area contributed by atoms with Crippen molar-refractivity contribution in [2.24, 2.45) is 0 Å². The van der Waals surface area contributed by atoms with Gasteiger partial charge in [-0.15, -0.1) is 0 Å². The first-order valence-electron chi connectivity index (χ1n) is 6.14. The summed E-state index contributed by atoms with van der Waals surface area (Å²) >= 11 is 17.2. The fraction of sp³-hybridized carbons (Fsp3) is 0.333. The smallest absolute Gasteiger partial charge is 0.158 e. The molecule has 0 aliphatic rings. The Hall–Kier alpha value is -1.57. The maximum atomic E-state index is 5.74. The third-order valence-electron chi connectivity index (χ3n) is 2.44. The summed E-state index contributed by atoms with van der Waals surface area (Å²) in [4.78, 5) is 15.7. The van der Waals surface area contributed by atoms with Crippen molar-refractivity contribution in [2.45, 2.75) is 13.8 Å². The fourth-order valence-electron chi connectivity index (χ4n) is 1.50. The number of aromatic nitrogens is 4. The van der Waals surface area contributed by atoms with Crippen LogP contribution in [0.15, 0.2) is 0 Å². The van der Waals surface area contributed by atoms with Crippen molar-refractivity contribution >= 4 is 52.0 Å². The van der Waals surface area contributed by atoms with Crippen molar-refractivity contribution in [3.63, 3.8) is 0 Å². The molecule has 0 saturated heterocycles. The molecule has 0 saturated carbocycles. The first-order chi connectivity index (χ1) is 10.3. The van der Waals surface area contributed by atoms with Gasteiger partial charge in [0.1, 0.15) is 23.0 Å². The lowest BCUT2D eigenvalue weighted by molar-refractivity contribution is 1.05. The van der Waals surface area contributed by atoms with Gasteiger partial charge in [-0.05, 0) is 13.8 Å². The number of hydrogen-bond donors (Lipinski definition) is 3. The zero-order valence-electron chi connectivity index (χ0n) is 12.5. The van der Waals surface area contributed by atoms with Crippen LogP contribution in [0.3, 0.4) is 0 Å². The van der Waals surface area contributed by atoms with Crippen molar-refractivity contribution in [3.05, 3.63) is 27.1 Å². The summed E-state index contributed by atoms with van der Waals surface area (Å²) in [6, 6.07) is 0. The number of halogens is 3. The van der Waals surface area contributed by atoms with Crippen LogP contribution in [0, 0.1) is 13.8 Å². The number of nitrogens with zero attached hydrogens (tertiary/aromatic N) is 4. The summed E-state index contributed by atoms with van der Waals surface area (Å²) in [5, 5.41) is 6.67. The van der Waals surface area contributed by atoms with E-state index in [-0.39, 0.29) is 0 Å². The molecule has 2 aromatic heterocycles. The second-order valence-electron chi connectivity index (χ2n) is 4.05. The average Bonchev–Trinajstić information content (AvgIpc) is 2.38. The van der Waals surface area contributed by atoms with Crippen LogP contribution in [0.2, 0.25) is 15.5 Å². The molecule has 2 aromatic rings. The lowest BCUT2D eigenvalue weighted by Gasteiger charge is -2.05. The van der Waals surface area contributed by atoms with Gasteiger partial charge < -0.3 is 16.4 Å². The number of nitrogen functional groups attached to an aromatic ring is 1. The second kappa shape index (κ2) is 8.17. The minimum atomic E-state index is 0.352. The molecule has 0 bridgehead atoms. The van der Waals surface area contributed by atoms with Crippen LogP contribution in [0.5, 0.6) is 0 Å². The predicted molar refractivity (Wildman–Crippen MR) is 92.1 cm³/mol. The van der Waals surface area contributed by atoms with E-state index in [1.54, 1.807) is 27.9 Å². The maximum absolute atomic E-state index is 5.74. The Bertz CT molecular complexity index is 560. The minimum Gasteiger partial charge on any atom is -0.383 e. The highest BCUT2D eigenvalue weighted by atomic mass is 35.5. The fourth-order valence-corrected chi connectivity index (χ4v) is 2.48. The summed E-state index contributed by atoms with van der Waals surface area (Å²) in [5.74, 6) is 1.52. The average molecular weight is 365 g/mol. The number of rotatable bonds is 2. The SMILES string of the molecule is CNc1c(Cl)nc(C)nc1Cl.CNc1c(N)nc(C)nc1Cl. The predicted octanol–water partition coefficient (Wildman–Crippen LogP) is 3.20. The highest BCUT2D eigenvalue weighted by Crippen LogP contribution is 2.25. The van der Waals surface area contributed by atoms with Crippen molar-refractivity contribution < 1.29 is 0 Å². The topological polar surface area (TPSA) is 102 Å². The number of nitrogens with two attached hydrogens (primary N) is 1. The van der Waals surface area contributed by atoms with Crippen LogP contribution in [0.25, 0.3) is 0 Å². The molecule has 0 spiro atoms. The molecule has 2 heterocycles. The van der Waals surface area contributed by atoms with Crippen LogP contribution < -0.4 is 16.4 Å². The van der Waals surface area contributed by atoms with Gasteiger partial charge in [0, 0.05) is 14.1 Å². The standard InChI is InChI=1S/C6H7Cl2N3.C6H9ClN4/c2*1-3-10-5(7)4(9-2)6(8)11-3/h9H,1-2H3;9H,1-2H3,(H2,8,10,11). The van der Waals surface area contributed by atoms with Gasteiger partial charge in [-0.25, -0.2) is 19.9 Å². The van der Waals surface area contributed by atoms with Crippen molar-refractivity contribution in [1.82, 2.24) is 19.9 Å². The van der Waals surface area contributed by atoms with E-state index in [0.717, 1.165) is 0 Å². The van der Waals surface area contributed by atoms with Gasteiger partial charge in [-0.3, -0.25) is 0 Å². The van der Waals surface area contributed by atoms with Crippen molar-refractivity contribution in [2.75, 3.05) is 30.5 Å². The number of anilines is 3. The zero-order valence-corrected chi connectivity index (χ0v) is 14.8. The number of aryl methyl sites for hydroxylation is 2. The van der Waals surface area contributed by atoms with E-state index in [9.17, 15) is 0 Å². The molecule has 7 nitrogen and oxygen atoms in total. The zero-order chi connectivity index (χ0) is 16.9. The van der Waals surface area contributed by atoms with Crippen LogP contribution in [-0.2, 0) is 0 Å². The Labute approximate surface area is 143 Å². The Morgan fingerprint density at radius 1 is 0.727 bits per heavy atom. The van der Waals surface area contributed by atoms with Gasteiger partial charge >= 0.3 is 0 Å². The summed E-state index contributed by atoms with van der Waals surface area (Å²) in [7, 11) is 3.43. The monoisotopic (exact) mass is 363 g/mol. The van der Waals surface area contributed by atoms with Gasteiger partial charge in [0.15, 0.2) is 21.3 Å². The Balaban J connectivity index is 0.000000220. The Morgan fingerprint density at radius 3 is 1.45 bits per heavy atom. The van der Waals surface area contributed by atoms with E-state index < -0.39 is 0 Å². The molecular formula is C12H16Cl3N7. The third-order valence-corrected chi connectivity index (χ3v) is 3.26. The third kappa shape index (κ3) is 4.72. The van der Waals surface area contributed by atoms with E-state index in [0.29, 0.717) is 44.3 Å². The highest BCUT2D eigenvalue weighted by Gasteiger charge is 2.07. The van der Waals surface area contributed by atoms with Gasteiger partial charge in [0.25, 0.3) is 0 Å². The molecule has 2 rings (SSSR count). The quantitative estimate of drug-likeness (QED) is 0.703. The summed E-state index contributed by atoms with van der Waals surface area (Å²) in [6.45, 7) is 3.47. The van der Waals surface area contributed by atoms with Crippen LogP contribution in [-0.4, -0.2) is 34.0 Å².